The Morgan fingerprint density at radius 3 is 0.633 bits per heavy atom. The molecule has 17 nitrogen and oxygen atoms in total. The number of carbonyl (C=O) groups is 4. The second-order valence-electron chi connectivity index (χ2n) is 30.4. The average molecular weight is 1440 g/mol. The van der Waals surface area contributed by atoms with Gasteiger partial charge < -0.3 is 33.8 Å². The van der Waals surface area contributed by atoms with Crippen LogP contribution < -0.4 is 0 Å². The first-order valence-electron chi connectivity index (χ1n) is 40.7. The van der Waals surface area contributed by atoms with E-state index in [4.69, 9.17) is 37.0 Å². The minimum atomic E-state index is -4.96. The van der Waals surface area contributed by atoms with E-state index in [1.54, 1.807) is 0 Å². The number of aliphatic hydroxyl groups is 1. The van der Waals surface area contributed by atoms with Crippen molar-refractivity contribution in [1.29, 1.82) is 0 Å². The summed E-state index contributed by atoms with van der Waals surface area (Å²) in [6.45, 7) is 14.2. The van der Waals surface area contributed by atoms with Gasteiger partial charge in [-0.3, -0.25) is 37.3 Å². The molecule has 0 rings (SSSR count). The highest BCUT2D eigenvalue weighted by Crippen LogP contribution is 2.45. The topological polar surface area (TPSA) is 237 Å². The van der Waals surface area contributed by atoms with Crippen LogP contribution in [0.15, 0.2) is 0 Å². The zero-order valence-electron chi connectivity index (χ0n) is 64.4. The summed E-state index contributed by atoms with van der Waals surface area (Å²) in [5.74, 6) is 0.951. The lowest BCUT2D eigenvalue weighted by molar-refractivity contribution is -0.161. The lowest BCUT2D eigenvalue weighted by atomic mass is 10.0. The van der Waals surface area contributed by atoms with E-state index in [0.29, 0.717) is 31.6 Å². The van der Waals surface area contributed by atoms with Gasteiger partial charge in [0.1, 0.15) is 19.3 Å². The standard InChI is InChI=1S/C79H154O17P2/c1-69(2)55-47-39-31-24-18-12-9-10-14-21-27-35-43-51-59-76(81)89-65-74(95-78(83)61-53-45-36-28-22-15-11-13-19-25-32-40-48-56-70(3)4)67-93-97(85,86)91-63-73(80)64-92-98(87,88)94-68-75(66-90-77(82)60-52-44-38-30-34-42-50-58-72(7)8)96-79(84)62-54-46-37-29-23-17-16-20-26-33-41-49-57-71(5)6/h69-75,80H,9-68H2,1-8H3,(H,85,86)(H,87,88)/t73?,74-,75-/m1/s1. The monoisotopic (exact) mass is 1440 g/mol. The maximum absolute atomic E-state index is 13.1. The molecule has 0 bridgehead atoms. The van der Waals surface area contributed by atoms with E-state index in [9.17, 15) is 43.2 Å². The quantitative estimate of drug-likeness (QED) is 0.0222. The molecule has 0 aliphatic carbocycles. The van der Waals surface area contributed by atoms with Crippen LogP contribution in [0.4, 0.5) is 0 Å². The molecule has 98 heavy (non-hydrogen) atoms. The van der Waals surface area contributed by atoms with Gasteiger partial charge in [0, 0.05) is 25.7 Å². The minimum absolute atomic E-state index is 0.106. The Hall–Kier alpha value is -1.94. The summed E-state index contributed by atoms with van der Waals surface area (Å²) in [7, 11) is -9.92. The number of ether oxygens (including phenoxy) is 4. The fourth-order valence-corrected chi connectivity index (χ4v) is 13.7. The van der Waals surface area contributed by atoms with Crippen molar-refractivity contribution in [3.63, 3.8) is 0 Å². The Balaban J connectivity index is 5.25. The summed E-state index contributed by atoms with van der Waals surface area (Å²) in [4.78, 5) is 72.9. The van der Waals surface area contributed by atoms with Crippen molar-refractivity contribution in [1.82, 2.24) is 0 Å². The van der Waals surface area contributed by atoms with Crippen LogP contribution in [0.5, 0.6) is 0 Å². The molecule has 0 amide bonds. The largest absolute Gasteiger partial charge is 0.472 e. The van der Waals surface area contributed by atoms with Crippen LogP contribution in [0.1, 0.15) is 402 Å². The van der Waals surface area contributed by atoms with Gasteiger partial charge in [-0.15, -0.1) is 0 Å². The van der Waals surface area contributed by atoms with Crippen LogP contribution >= 0.6 is 15.6 Å². The average Bonchev–Trinajstić information content (AvgIpc) is 1.07. The minimum Gasteiger partial charge on any atom is -0.462 e. The molecule has 0 fully saturated rings. The van der Waals surface area contributed by atoms with Gasteiger partial charge in [-0.2, -0.15) is 0 Å². The number of hydrogen-bond acceptors (Lipinski definition) is 15. The van der Waals surface area contributed by atoms with E-state index in [1.165, 1.54) is 199 Å². The summed E-state index contributed by atoms with van der Waals surface area (Å²) in [6, 6.07) is 0. The first kappa shape index (κ1) is 96.1. The van der Waals surface area contributed by atoms with Crippen LogP contribution in [0, 0.1) is 23.7 Å². The third-order valence-electron chi connectivity index (χ3n) is 18.3. The first-order valence-corrected chi connectivity index (χ1v) is 43.7. The molecule has 0 aliphatic heterocycles. The number of phosphoric acid groups is 2. The molecule has 582 valence electrons. The predicted octanol–water partition coefficient (Wildman–Crippen LogP) is 23.2. The van der Waals surface area contributed by atoms with Crippen molar-refractivity contribution >= 4 is 39.5 Å². The van der Waals surface area contributed by atoms with Gasteiger partial charge in [-0.05, 0) is 49.4 Å². The van der Waals surface area contributed by atoms with Crippen LogP contribution in [-0.4, -0.2) is 96.7 Å². The summed E-state index contributed by atoms with van der Waals surface area (Å²) < 4.78 is 68.6. The van der Waals surface area contributed by atoms with Crippen LogP contribution in [0.25, 0.3) is 0 Å². The van der Waals surface area contributed by atoms with Crippen molar-refractivity contribution in [3.8, 4) is 0 Å². The maximum atomic E-state index is 13.1. The van der Waals surface area contributed by atoms with E-state index in [1.807, 2.05) is 0 Å². The first-order chi connectivity index (χ1) is 47.1. The molecule has 0 aliphatic rings. The molecule has 3 N–H and O–H groups in total. The number of unbranched alkanes of at least 4 members (excludes halogenated alkanes) is 42. The van der Waals surface area contributed by atoms with E-state index in [-0.39, 0.29) is 25.7 Å². The molecule has 0 radical (unpaired) electrons. The zero-order chi connectivity index (χ0) is 72.4. The lowest BCUT2D eigenvalue weighted by Gasteiger charge is -2.21. The summed E-state index contributed by atoms with van der Waals surface area (Å²) >= 11 is 0. The third kappa shape index (κ3) is 72.4. The molecule has 0 saturated heterocycles. The number of phosphoric ester groups is 2. The number of carbonyl (C=O) groups excluding carboxylic acids is 4. The molecule has 5 atom stereocenters. The highest BCUT2D eigenvalue weighted by Gasteiger charge is 2.30. The third-order valence-corrected chi connectivity index (χ3v) is 20.2. The maximum Gasteiger partial charge on any atom is 0.472 e. The molecule has 0 spiro atoms. The van der Waals surface area contributed by atoms with Gasteiger partial charge in [0.05, 0.1) is 26.4 Å². The van der Waals surface area contributed by atoms with Crippen LogP contribution in [0.2, 0.25) is 0 Å². The Kier molecular flexibility index (Phi) is 66.8. The number of hydrogen-bond donors (Lipinski definition) is 3. The normalized spacial score (nSPS) is 14.1. The molecule has 19 heteroatoms. The smallest absolute Gasteiger partial charge is 0.462 e. The fourth-order valence-electron chi connectivity index (χ4n) is 12.1. The molecular formula is C79H154O17P2. The second-order valence-corrected chi connectivity index (χ2v) is 33.3. The van der Waals surface area contributed by atoms with E-state index in [0.717, 1.165) is 114 Å². The molecular weight excluding hydrogens is 1280 g/mol. The highest BCUT2D eigenvalue weighted by atomic mass is 31.2. The van der Waals surface area contributed by atoms with Gasteiger partial charge in [0.25, 0.3) is 0 Å². The van der Waals surface area contributed by atoms with Crippen molar-refractivity contribution in [2.24, 2.45) is 23.7 Å². The fraction of sp³-hybridized carbons (Fsp3) is 0.949. The van der Waals surface area contributed by atoms with E-state index in [2.05, 4.69) is 55.4 Å². The van der Waals surface area contributed by atoms with Crippen molar-refractivity contribution in [2.75, 3.05) is 39.6 Å². The number of aliphatic hydroxyl groups excluding tert-OH is 1. The van der Waals surface area contributed by atoms with Crippen LogP contribution in [-0.2, 0) is 65.4 Å². The zero-order valence-corrected chi connectivity index (χ0v) is 66.2. The van der Waals surface area contributed by atoms with E-state index < -0.39 is 97.5 Å². The Labute approximate surface area is 600 Å². The van der Waals surface area contributed by atoms with E-state index >= 15 is 0 Å². The van der Waals surface area contributed by atoms with Crippen molar-refractivity contribution in [2.45, 2.75) is 420 Å². The summed E-state index contributed by atoms with van der Waals surface area (Å²) in [5, 5.41) is 10.6. The Bertz CT molecular complexity index is 1920. The SMILES string of the molecule is CC(C)CCCCCCCCCCCCCCCCC(=O)OC[C@H](COP(=O)(O)OCC(O)COP(=O)(O)OC[C@@H](COC(=O)CCCCCCCCCC(C)C)OC(=O)CCCCCCCCCCCCCCC(C)C)OC(=O)CCCCCCCCCCCCCCCC(C)C. The highest BCUT2D eigenvalue weighted by molar-refractivity contribution is 7.47. The lowest BCUT2D eigenvalue weighted by Crippen LogP contribution is -2.30. The summed E-state index contributed by atoms with van der Waals surface area (Å²) in [6.07, 6.45) is 54.1. The molecule has 0 heterocycles. The van der Waals surface area contributed by atoms with Gasteiger partial charge in [-0.25, -0.2) is 9.13 Å². The molecule has 0 aromatic carbocycles. The van der Waals surface area contributed by atoms with Crippen molar-refractivity contribution in [3.05, 3.63) is 0 Å². The summed E-state index contributed by atoms with van der Waals surface area (Å²) in [5.41, 5.74) is 0. The Morgan fingerprint density at radius 1 is 0.255 bits per heavy atom. The Morgan fingerprint density at radius 2 is 0.429 bits per heavy atom. The molecule has 0 saturated carbocycles. The van der Waals surface area contributed by atoms with Crippen LogP contribution in [0.3, 0.4) is 0 Å². The van der Waals surface area contributed by atoms with Crippen molar-refractivity contribution < 1.29 is 80.2 Å². The molecule has 0 aromatic heterocycles. The number of rotatable bonds is 76. The predicted molar refractivity (Wildman–Crippen MR) is 400 cm³/mol. The molecule has 0 aromatic rings. The number of esters is 4. The van der Waals surface area contributed by atoms with Gasteiger partial charge in [-0.1, -0.05) is 351 Å². The van der Waals surface area contributed by atoms with Gasteiger partial charge in [0.2, 0.25) is 0 Å². The molecule has 3 unspecified atom stereocenters. The van der Waals surface area contributed by atoms with Gasteiger partial charge >= 0.3 is 39.5 Å². The second kappa shape index (κ2) is 68.2. The van der Waals surface area contributed by atoms with Gasteiger partial charge in [0.15, 0.2) is 12.2 Å².